The van der Waals surface area contributed by atoms with Gasteiger partial charge in [0.2, 0.25) is 0 Å². The van der Waals surface area contributed by atoms with Crippen LogP contribution in [-0.4, -0.2) is 13.1 Å². The van der Waals surface area contributed by atoms with E-state index >= 15 is 0 Å². The molecule has 0 amide bonds. The van der Waals surface area contributed by atoms with E-state index in [2.05, 4.69) is 27.3 Å². The Morgan fingerprint density at radius 2 is 2.55 bits per heavy atom. The Kier molecular flexibility index (Phi) is 3.36. The number of hydrogen-bond acceptors (Lipinski definition) is 2. The molecule has 1 atom stereocenters. The fraction of sp³-hybridized carbons (Fsp3) is 0.625. The zero-order valence-corrected chi connectivity index (χ0v) is 8.63. The quantitative estimate of drug-likeness (QED) is 0.537. The van der Waals surface area contributed by atoms with Gasteiger partial charge in [-0.1, -0.05) is 28.2 Å². The van der Waals surface area contributed by atoms with Crippen molar-refractivity contribution in [3.8, 4) is 0 Å². The lowest BCUT2D eigenvalue weighted by molar-refractivity contribution is -0.143. The summed E-state index contributed by atoms with van der Waals surface area (Å²) in [6.07, 6.45) is 3.14. The van der Waals surface area contributed by atoms with Crippen LogP contribution in [0.3, 0.4) is 0 Å². The van der Waals surface area contributed by atoms with Crippen molar-refractivity contribution in [1.29, 1.82) is 0 Å². The normalized spacial score (nSPS) is 27.5. The first kappa shape index (κ1) is 9.03. The summed E-state index contributed by atoms with van der Waals surface area (Å²) in [5, 5.41) is 0. The second-order valence-electron chi connectivity index (χ2n) is 2.65. The molecule has 0 radical (unpaired) electrons. The van der Waals surface area contributed by atoms with E-state index in [4.69, 9.17) is 0 Å². The Bertz CT molecular complexity index is 187. The molecule has 0 aromatic carbocycles. The lowest BCUT2D eigenvalue weighted by Crippen LogP contribution is -2.13. The molecule has 3 heteroatoms. The smallest absolute Gasteiger partial charge is 0.312 e. The van der Waals surface area contributed by atoms with Crippen LogP contribution in [0.25, 0.3) is 0 Å². The molecular weight excluding hydrogens is 255 g/mol. The average Bonchev–Trinajstić information content (AvgIpc) is 2.50. The number of methoxy groups -OCH3 is 1. The van der Waals surface area contributed by atoms with Gasteiger partial charge in [-0.3, -0.25) is 4.79 Å². The van der Waals surface area contributed by atoms with Crippen molar-refractivity contribution in [2.75, 3.05) is 7.11 Å². The number of esters is 1. The minimum Gasteiger partial charge on any atom is -0.469 e. The Hall–Kier alpha value is -0.0600. The summed E-state index contributed by atoms with van der Waals surface area (Å²) in [5.41, 5.74) is 1.23. The van der Waals surface area contributed by atoms with Crippen LogP contribution in [0.2, 0.25) is 0 Å². The van der Waals surface area contributed by atoms with Crippen LogP contribution < -0.4 is 0 Å². The summed E-state index contributed by atoms with van der Waals surface area (Å²) in [7, 11) is 1.45. The average molecular weight is 266 g/mol. The van der Waals surface area contributed by atoms with Crippen LogP contribution >= 0.6 is 22.6 Å². The van der Waals surface area contributed by atoms with Crippen LogP contribution in [0.5, 0.6) is 0 Å². The predicted molar refractivity (Wildman–Crippen MR) is 51.5 cm³/mol. The molecule has 0 spiro atoms. The minimum atomic E-state index is -0.0783. The topological polar surface area (TPSA) is 26.3 Å². The summed E-state index contributed by atoms with van der Waals surface area (Å²) in [5.74, 6) is -0.0256. The molecular formula is C8H11IO2. The molecule has 1 rings (SSSR count). The molecule has 1 aliphatic rings. The van der Waals surface area contributed by atoms with Gasteiger partial charge in [-0.2, -0.15) is 0 Å². The Labute approximate surface area is 80.1 Å². The highest BCUT2D eigenvalue weighted by Gasteiger charge is 2.27. The first-order valence-electron chi connectivity index (χ1n) is 3.66. The molecule has 0 bridgehead atoms. The Morgan fingerprint density at radius 1 is 1.82 bits per heavy atom. The van der Waals surface area contributed by atoms with E-state index in [-0.39, 0.29) is 11.9 Å². The number of carbonyl (C=O) groups is 1. The van der Waals surface area contributed by atoms with Crippen LogP contribution in [0.1, 0.15) is 19.3 Å². The number of ether oxygens (including phenoxy) is 1. The van der Waals surface area contributed by atoms with Crippen LogP contribution in [-0.2, 0) is 9.53 Å². The fourth-order valence-corrected chi connectivity index (χ4v) is 2.16. The summed E-state index contributed by atoms with van der Waals surface area (Å²) >= 11 is 2.18. The number of carbonyl (C=O) groups excluding carboxylic acids is 1. The van der Waals surface area contributed by atoms with Gasteiger partial charge >= 0.3 is 5.97 Å². The highest BCUT2D eigenvalue weighted by atomic mass is 127. The third kappa shape index (κ3) is 1.95. The van der Waals surface area contributed by atoms with Crippen LogP contribution in [0.15, 0.2) is 9.66 Å². The van der Waals surface area contributed by atoms with Gasteiger partial charge in [0, 0.05) is 0 Å². The molecule has 0 aromatic heterocycles. The standard InChI is InChI=1S/C8H11IO2/c1-11-8(10)7-4-2-3-6(7)5-9/h5,7H,2-4H2,1H3. The lowest BCUT2D eigenvalue weighted by atomic mass is 10.1. The third-order valence-electron chi connectivity index (χ3n) is 2.03. The van der Waals surface area contributed by atoms with E-state index in [1.165, 1.54) is 12.7 Å². The molecule has 11 heavy (non-hydrogen) atoms. The molecule has 1 fully saturated rings. The van der Waals surface area contributed by atoms with Crippen molar-refractivity contribution in [3.63, 3.8) is 0 Å². The lowest BCUT2D eigenvalue weighted by Gasteiger charge is -2.07. The SMILES string of the molecule is COC(=O)C1CCCC1=CI. The Morgan fingerprint density at radius 3 is 3.09 bits per heavy atom. The van der Waals surface area contributed by atoms with Crippen molar-refractivity contribution < 1.29 is 9.53 Å². The molecule has 2 nitrogen and oxygen atoms in total. The van der Waals surface area contributed by atoms with Crippen molar-refractivity contribution in [2.24, 2.45) is 5.92 Å². The van der Waals surface area contributed by atoms with Crippen molar-refractivity contribution in [1.82, 2.24) is 0 Å². The number of hydrogen-bond donors (Lipinski definition) is 0. The highest BCUT2D eigenvalue weighted by Crippen LogP contribution is 2.32. The first-order valence-corrected chi connectivity index (χ1v) is 4.91. The molecule has 0 aliphatic heterocycles. The summed E-state index contributed by atoms with van der Waals surface area (Å²) in [4.78, 5) is 11.1. The van der Waals surface area contributed by atoms with Gasteiger partial charge in [0.05, 0.1) is 13.0 Å². The summed E-state index contributed by atoms with van der Waals surface area (Å²) < 4.78 is 6.69. The zero-order chi connectivity index (χ0) is 8.27. The van der Waals surface area contributed by atoms with E-state index < -0.39 is 0 Å². The van der Waals surface area contributed by atoms with Crippen molar-refractivity contribution in [2.45, 2.75) is 19.3 Å². The maximum Gasteiger partial charge on any atom is 0.312 e. The maximum atomic E-state index is 11.1. The summed E-state index contributed by atoms with van der Waals surface area (Å²) in [6, 6.07) is 0. The largest absolute Gasteiger partial charge is 0.469 e. The van der Waals surface area contributed by atoms with E-state index in [9.17, 15) is 4.79 Å². The van der Waals surface area contributed by atoms with Gasteiger partial charge in [-0.15, -0.1) is 0 Å². The molecule has 0 heterocycles. The fourth-order valence-electron chi connectivity index (χ4n) is 1.41. The first-order chi connectivity index (χ1) is 5.29. The zero-order valence-electron chi connectivity index (χ0n) is 6.47. The molecule has 0 N–H and O–H groups in total. The molecule has 1 aliphatic carbocycles. The van der Waals surface area contributed by atoms with Crippen LogP contribution in [0, 0.1) is 5.92 Å². The molecule has 62 valence electrons. The second-order valence-corrected chi connectivity index (χ2v) is 3.27. The van der Waals surface area contributed by atoms with Gasteiger partial charge in [0.1, 0.15) is 0 Å². The van der Waals surface area contributed by atoms with Crippen LogP contribution in [0.4, 0.5) is 0 Å². The van der Waals surface area contributed by atoms with E-state index in [1.807, 2.05) is 4.08 Å². The van der Waals surface area contributed by atoms with Gasteiger partial charge in [-0.25, -0.2) is 0 Å². The van der Waals surface area contributed by atoms with Gasteiger partial charge in [-0.05, 0) is 23.3 Å². The molecule has 0 saturated heterocycles. The number of rotatable bonds is 1. The van der Waals surface area contributed by atoms with Gasteiger partial charge < -0.3 is 4.74 Å². The van der Waals surface area contributed by atoms with Gasteiger partial charge in [0.25, 0.3) is 0 Å². The van der Waals surface area contributed by atoms with Gasteiger partial charge in [0.15, 0.2) is 0 Å². The maximum absolute atomic E-state index is 11.1. The molecule has 0 aromatic rings. The second kappa shape index (κ2) is 4.09. The molecule has 1 unspecified atom stereocenters. The Balaban J connectivity index is 2.64. The molecule has 1 saturated carbocycles. The van der Waals surface area contributed by atoms with E-state index in [1.54, 1.807) is 0 Å². The third-order valence-corrected chi connectivity index (χ3v) is 2.83. The highest BCUT2D eigenvalue weighted by molar-refractivity contribution is 14.1. The van der Waals surface area contributed by atoms with E-state index in [0.717, 1.165) is 19.3 Å². The summed E-state index contributed by atoms with van der Waals surface area (Å²) in [6.45, 7) is 0. The minimum absolute atomic E-state index is 0.0527. The van der Waals surface area contributed by atoms with E-state index in [0.29, 0.717) is 0 Å². The van der Waals surface area contributed by atoms with Crippen molar-refractivity contribution >= 4 is 28.6 Å². The monoisotopic (exact) mass is 266 g/mol. The number of halogens is 1. The van der Waals surface area contributed by atoms with Crippen molar-refractivity contribution in [3.05, 3.63) is 9.66 Å². The predicted octanol–water partition coefficient (Wildman–Crippen LogP) is 2.28.